The minimum Gasteiger partial charge on any atom is -0.308 e. The van der Waals surface area contributed by atoms with E-state index in [1.807, 2.05) is 6.92 Å². The number of rotatable bonds is 5. The third-order valence-electron chi connectivity index (χ3n) is 3.16. The van der Waals surface area contributed by atoms with Gasteiger partial charge in [-0.1, -0.05) is 18.5 Å². The molecule has 1 N–H and O–H groups in total. The number of anilines is 2. The Hall–Kier alpha value is -2.60. The van der Waals surface area contributed by atoms with Crippen molar-refractivity contribution in [3.8, 4) is 0 Å². The number of non-ortho nitro benzene ring substituents is 1. The van der Waals surface area contributed by atoms with Crippen LogP contribution in [0.5, 0.6) is 0 Å². The summed E-state index contributed by atoms with van der Waals surface area (Å²) in [5.74, 6) is 0. The SMILES string of the molecule is CCCN(C(=O)Nc1ccc([N+](=O)[O-])cc1)c1ccc(Cl)cc1. The lowest BCUT2D eigenvalue weighted by Gasteiger charge is -2.22. The Morgan fingerprint density at radius 3 is 2.30 bits per heavy atom. The molecule has 0 bridgehead atoms. The summed E-state index contributed by atoms with van der Waals surface area (Å²) in [6.45, 7) is 2.52. The first-order chi connectivity index (χ1) is 11.0. The van der Waals surface area contributed by atoms with Crippen molar-refractivity contribution in [3.05, 3.63) is 63.7 Å². The number of benzene rings is 2. The summed E-state index contributed by atoms with van der Waals surface area (Å²) in [6, 6.07) is 12.4. The summed E-state index contributed by atoms with van der Waals surface area (Å²) in [5.41, 5.74) is 1.21. The highest BCUT2D eigenvalue weighted by Crippen LogP contribution is 2.21. The van der Waals surface area contributed by atoms with Gasteiger partial charge in [-0.15, -0.1) is 0 Å². The zero-order valence-corrected chi connectivity index (χ0v) is 13.3. The van der Waals surface area contributed by atoms with Crippen LogP contribution in [0, 0.1) is 10.1 Å². The Morgan fingerprint density at radius 1 is 1.17 bits per heavy atom. The molecule has 0 aromatic heterocycles. The van der Waals surface area contributed by atoms with Crippen LogP contribution in [-0.2, 0) is 0 Å². The van der Waals surface area contributed by atoms with Gasteiger partial charge in [0.15, 0.2) is 0 Å². The predicted molar refractivity (Wildman–Crippen MR) is 91.2 cm³/mol. The van der Waals surface area contributed by atoms with Crippen molar-refractivity contribution in [2.24, 2.45) is 0 Å². The van der Waals surface area contributed by atoms with Crippen molar-refractivity contribution in [2.45, 2.75) is 13.3 Å². The molecular formula is C16H16ClN3O3. The second-order valence-electron chi connectivity index (χ2n) is 4.86. The third-order valence-corrected chi connectivity index (χ3v) is 3.41. The number of amides is 2. The minimum atomic E-state index is -0.483. The molecule has 0 saturated heterocycles. The van der Waals surface area contributed by atoms with Crippen molar-refractivity contribution in [2.75, 3.05) is 16.8 Å². The minimum absolute atomic E-state index is 0.0221. The first-order valence-electron chi connectivity index (χ1n) is 7.10. The Kier molecular flexibility index (Phi) is 5.54. The maximum absolute atomic E-state index is 12.5. The molecule has 0 aliphatic carbocycles. The molecule has 2 rings (SSSR count). The monoisotopic (exact) mass is 333 g/mol. The van der Waals surface area contributed by atoms with Gasteiger partial charge in [0.25, 0.3) is 5.69 Å². The number of nitro groups is 1. The largest absolute Gasteiger partial charge is 0.326 e. The lowest BCUT2D eigenvalue weighted by molar-refractivity contribution is -0.384. The van der Waals surface area contributed by atoms with Crippen LogP contribution >= 0.6 is 11.6 Å². The normalized spacial score (nSPS) is 10.2. The Labute approximate surface area is 138 Å². The summed E-state index contributed by atoms with van der Waals surface area (Å²) >= 11 is 5.87. The van der Waals surface area contributed by atoms with Crippen molar-refractivity contribution in [3.63, 3.8) is 0 Å². The van der Waals surface area contributed by atoms with E-state index in [-0.39, 0.29) is 11.7 Å². The Morgan fingerprint density at radius 2 is 1.78 bits per heavy atom. The quantitative estimate of drug-likeness (QED) is 0.636. The fourth-order valence-electron chi connectivity index (χ4n) is 2.05. The van der Waals surface area contributed by atoms with E-state index < -0.39 is 4.92 Å². The van der Waals surface area contributed by atoms with E-state index >= 15 is 0 Å². The van der Waals surface area contributed by atoms with Crippen LogP contribution in [0.15, 0.2) is 48.5 Å². The van der Waals surface area contributed by atoms with Gasteiger partial charge in [-0.05, 0) is 42.8 Å². The highest BCUT2D eigenvalue weighted by molar-refractivity contribution is 6.30. The lowest BCUT2D eigenvalue weighted by Crippen LogP contribution is -2.35. The van der Waals surface area contributed by atoms with Gasteiger partial charge in [0, 0.05) is 35.1 Å². The molecule has 23 heavy (non-hydrogen) atoms. The van der Waals surface area contributed by atoms with Crippen molar-refractivity contribution in [1.82, 2.24) is 0 Å². The van der Waals surface area contributed by atoms with Crippen LogP contribution in [0.1, 0.15) is 13.3 Å². The number of carbonyl (C=O) groups excluding carboxylic acids is 1. The zero-order valence-electron chi connectivity index (χ0n) is 12.5. The van der Waals surface area contributed by atoms with Gasteiger partial charge in [0.1, 0.15) is 0 Å². The third kappa shape index (κ3) is 4.43. The second kappa shape index (κ2) is 7.60. The first-order valence-corrected chi connectivity index (χ1v) is 7.47. The molecule has 2 aromatic carbocycles. The Balaban J connectivity index is 2.14. The summed E-state index contributed by atoms with van der Waals surface area (Å²) in [5, 5.41) is 14.0. The lowest BCUT2D eigenvalue weighted by atomic mass is 10.2. The number of nitrogens with zero attached hydrogens (tertiary/aromatic N) is 2. The van der Waals surface area contributed by atoms with Gasteiger partial charge in [0.2, 0.25) is 0 Å². The van der Waals surface area contributed by atoms with E-state index in [4.69, 9.17) is 11.6 Å². The number of halogens is 1. The molecule has 0 radical (unpaired) electrons. The van der Waals surface area contributed by atoms with Gasteiger partial charge in [-0.3, -0.25) is 15.0 Å². The van der Waals surface area contributed by atoms with Crippen LogP contribution in [0.4, 0.5) is 21.9 Å². The van der Waals surface area contributed by atoms with E-state index in [0.29, 0.717) is 17.3 Å². The molecule has 0 saturated carbocycles. The van der Waals surface area contributed by atoms with E-state index in [1.165, 1.54) is 24.3 Å². The molecule has 6 nitrogen and oxygen atoms in total. The molecule has 0 unspecified atom stereocenters. The van der Waals surface area contributed by atoms with E-state index in [9.17, 15) is 14.9 Å². The molecular weight excluding hydrogens is 318 g/mol. The summed E-state index contributed by atoms with van der Waals surface area (Å²) in [4.78, 5) is 24.2. The van der Waals surface area contributed by atoms with Crippen molar-refractivity contribution < 1.29 is 9.72 Å². The van der Waals surface area contributed by atoms with E-state index in [1.54, 1.807) is 29.2 Å². The summed E-state index contributed by atoms with van der Waals surface area (Å²) in [7, 11) is 0. The van der Waals surface area contributed by atoms with Crippen LogP contribution in [-0.4, -0.2) is 17.5 Å². The Bertz CT molecular complexity index is 687. The highest BCUT2D eigenvalue weighted by Gasteiger charge is 2.15. The second-order valence-corrected chi connectivity index (χ2v) is 5.30. The standard InChI is InChI=1S/C16H16ClN3O3/c1-2-11-19(14-7-3-12(17)4-8-14)16(21)18-13-5-9-15(10-6-13)20(22)23/h3-10H,2,11H2,1H3,(H,18,21). The molecule has 0 heterocycles. The molecule has 2 amide bonds. The summed E-state index contributed by atoms with van der Waals surface area (Å²) < 4.78 is 0. The molecule has 0 aliphatic heterocycles. The maximum Gasteiger partial charge on any atom is 0.326 e. The van der Waals surface area contributed by atoms with Crippen molar-refractivity contribution in [1.29, 1.82) is 0 Å². The van der Waals surface area contributed by atoms with Gasteiger partial charge in [-0.25, -0.2) is 4.79 Å². The number of hydrogen-bond acceptors (Lipinski definition) is 3. The molecule has 7 heteroatoms. The molecule has 0 atom stereocenters. The molecule has 0 aliphatic rings. The average Bonchev–Trinajstić information content (AvgIpc) is 2.54. The molecule has 0 fully saturated rings. The predicted octanol–water partition coefficient (Wildman–Crippen LogP) is 4.70. The van der Waals surface area contributed by atoms with Gasteiger partial charge in [-0.2, -0.15) is 0 Å². The highest BCUT2D eigenvalue weighted by atomic mass is 35.5. The number of carbonyl (C=O) groups is 1. The van der Waals surface area contributed by atoms with Crippen molar-refractivity contribution >= 4 is 34.7 Å². The van der Waals surface area contributed by atoms with E-state index in [0.717, 1.165) is 12.1 Å². The number of hydrogen-bond donors (Lipinski definition) is 1. The smallest absolute Gasteiger partial charge is 0.308 e. The molecule has 2 aromatic rings. The van der Waals surface area contributed by atoms with Crippen LogP contribution in [0.3, 0.4) is 0 Å². The van der Waals surface area contributed by atoms with Crippen LogP contribution in [0.25, 0.3) is 0 Å². The average molecular weight is 334 g/mol. The zero-order chi connectivity index (χ0) is 16.8. The first kappa shape index (κ1) is 16.8. The van der Waals surface area contributed by atoms with Gasteiger partial charge in [0.05, 0.1) is 4.92 Å². The van der Waals surface area contributed by atoms with E-state index in [2.05, 4.69) is 5.32 Å². The molecule has 0 spiro atoms. The maximum atomic E-state index is 12.5. The number of nitrogens with one attached hydrogen (secondary N) is 1. The van der Waals surface area contributed by atoms with Crippen LogP contribution < -0.4 is 10.2 Å². The fourth-order valence-corrected chi connectivity index (χ4v) is 2.18. The topological polar surface area (TPSA) is 75.5 Å². The summed E-state index contributed by atoms with van der Waals surface area (Å²) in [6.07, 6.45) is 0.788. The molecule has 120 valence electrons. The van der Waals surface area contributed by atoms with Gasteiger partial charge >= 0.3 is 6.03 Å². The van der Waals surface area contributed by atoms with Gasteiger partial charge < -0.3 is 5.32 Å². The number of nitro benzene ring substituents is 1. The fraction of sp³-hybridized carbons (Fsp3) is 0.188. The number of urea groups is 1. The van der Waals surface area contributed by atoms with Crippen LogP contribution in [0.2, 0.25) is 5.02 Å².